The largest absolute Gasteiger partial charge is 0.504 e. The number of sulfonamides is 1. The predicted molar refractivity (Wildman–Crippen MR) is 114 cm³/mol. The molecular weight excluding hydrogens is 447 g/mol. The predicted octanol–water partition coefficient (Wildman–Crippen LogP) is 3.59. The standard InChI is InChI=1S/C21H24ClFN2O5S/c1-21(2,3)16-18(27)17(26)15-12(19(16)31(29,30)24(4)5)10-25(20(15)28)9-11-6-7-14(23)13(22)8-11/h6-8,26-27H,9-10H2,1-5H3. The molecule has 0 aliphatic carbocycles. The molecule has 0 bridgehead atoms. The molecule has 168 valence electrons. The van der Waals surface area contributed by atoms with Crippen LogP contribution in [0.3, 0.4) is 0 Å². The van der Waals surface area contributed by atoms with Crippen LogP contribution in [0.5, 0.6) is 11.5 Å². The van der Waals surface area contributed by atoms with Gasteiger partial charge in [-0.05, 0) is 23.1 Å². The Balaban J connectivity index is 2.23. The number of nitrogens with zero attached hydrogens (tertiary/aromatic N) is 2. The number of fused-ring (bicyclic) bond motifs is 1. The molecule has 1 heterocycles. The lowest BCUT2D eigenvalue weighted by atomic mass is 9.84. The van der Waals surface area contributed by atoms with Crippen LogP contribution < -0.4 is 0 Å². The summed E-state index contributed by atoms with van der Waals surface area (Å²) < 4.78 is 40.9. The van der Waals surface area contributed by atoms with Gasteiger partial charge in [0, 0.05) is 38.3 Å². The van der Waals surface area contributed by atoms with Crippen molar-refractivity contribution >= 4 is 27.5 Å². The van der Waals surface area contributed by atoms with E-state index in [4.69, 9.17) is 11.6 Å². The van der Waals surface area contributed by atoms with Crippen molar-refractivity contribution in [2.24, 2.45) is 0 Å². The van der Waals surface area contributed by atoms with Gasteiger partial charge in [-0.3, -0.25) is 4.79 Å². The Labute approximate surface area is 185 Å². The molecule has 0 unspecified atom stereocenters. The Morgan fingerprint density at radius 2 is 1.81 bits per heavy atom. The van der Waals surface area contributed by atoms with Crippen molar-refractivity contribution in [1.82, 2.24) is 9.21 Å². The van der Waals surface area contributed by atoms with E-state index >= 15 is 0 Å². The highest BCUT2D eigenvalue weighted by Crippen LogP contribution is 2.49. The molecule has 2 aromatic carbocycles. The maximum atomic E-state index is 13.5. The van der Waals surface area contributed by atoms with Crippen LogP contribution in [0.15, 0.2) is 23.1 Å². The van der Waals surface area contributed by atoms with E-state index in [2.05, 4.69) is 0 Å². The third kappa shape index (κ3) is 3.86. The number of halogens is 2. The minimum absolute atomic E-state index is 0.0139. The number of rotatable bonds is 4. The van der Waals surface area contributed by atoms with Gasteiger partial charge in [0.25, 0.3) is 5.91 Å². The SMILES string of the molecule is CN(C)S(=O)(=O)c1c2c(c(O)c(O)c1C(C)(C)C)C(=O)N(Cc1ccc(F)c(Cl)c1)C2. The van der Waals surface area contributed by atoms with Gasteiger partial charge in [0.1, 0.15) is 5.82 Å². The van der Waals surface area contributed by atoms with Crippen LogP contribution in [0, 0.1) is 5.82 Å². The second-order valence-corrected chi connectivity index (χ2v) is 11.2. The number of phenols is 2. The van der Waals surface area contributed by atoms with Gasteiger partial charge >= 0.3 is 0 Å². The fourth-order valence-electron chi connectivity index (χ4n) is 3.70. The molecular formula is C21H24ClFN2O5S. The zero-order valence-electron chi connectivity index (χ0n) is 17.8. The summed E-state index contributed by atoms with van der Waals surface area (Å²) in [4.78, 5) is 14.2. The number of benzene rings is 2. The average molecular weight is 471 g/mol. The summed E-state index contributed by atoms with van der Waals surface area (Å²) in [5.41, 5.74) is -0.414. The molecule has 0 saturated carbocycles. The van der Waals surface area contributed by atoms with E-state index in [1.165, 1.54) is 37.2 Å². The maximum Gasteiger partial charge on any atom is 0.258 e. The first-order valence-electron chi connectivity index (χ1n) is 9.44. The number of carbonyl (C=O) groups excluding carboxylic acids is 1. The lowest BCUT2D eigenvalue weighted by molar-refractivity contribution is 0.0764. The van der Waals surface area contributed by atoms with Crippen LogP contribution in [-0.4, -0.2) is 47.8 Å². The van der Waals surface area contributed by atoms with Gasteiger partial charge in [0.2, 0.25) is 10.0 Å². The molecule has 0 aromatic heterocycles. The zero-order valence-corrected chi connectivity index (χ0v) is 19.4. The first-order chi connectivity index (χ1) is 14.2. The number of phenolic OH excluding ortho intramolecular Hbond substituents is 2. The molecule has 0 fully saturated rings. The van der Waals surface area contributed by atoms with Gasteiger partial charge < -0.3 is 15.1 Å². The summed E-state index contributed by atoms with van der Waals surface area (Å²) >= 11 is 5.83. The smallest absolute Gasteiger partial charge is 0.258 e. The number of hydrogen-bond acceptors (Lipinski definition) is 5. The van der Waals surface area contributed by atoms with Crippen molar-refractivity contribution in [3.8, 4) is 11.5 Å². The Morgan fingerprint density at radius 1 is 1.19 bits per heavy atom. The van der Waals surface area contributed by atoms with E-state index in [-0.39, 0.29) is 39.7 Å². The van der Waals surface area contributed by atoms with Crippen LogP contribution in [-0.2, 0) is 28.5 Å². The number of carbonyl (C=O) groups is 1. The third-order valence-electron chi connectivity index (χ3n) is 5.20. The summed E-state index contributed by atoms with van der Waals surface area (Å²) in [5.74, 6) is -2.52. The first-order valence-corrected chi connectivity index (χ1v) is 11.3. The fourth-order valence-corrected chi connectivity index (χ4v) is 5.41. The van der Waals surface area contributed by atoms with E-state index in [1.807, 2.05) is 0 Å². The normalized spacial score (nSPS) is 14.5. The minimum atomic E-state index is -4.07. The Hall–Kier alpha value is -2.36. The Bertz CT molecular complexity index is 1190. The van der Waals surface area contributed by atoms with E-state index in [1.54, 1.807) is 20.8 Å². The molecule has 31 heavy (non-hydrogen) atoms. The van der Waals surface area contributed by atoms with Crippen molar-refractivity contribution in [2.45, 2.75) is 44.2 Å². The van der Waals surface area contributed by atoms with Gasteiger partial charge in [0.15, 0.2) is 11.5 Å². The van der Waals surface area contributed by atoms with E-state index in [0.717, 1.165) is 4.31 Å². The quantitative estimate of drug-likeness (QED) is 0.665. The van der Waals surface area contributed by atoms with E-state index in [0.29, 0.717) is 5.56 Å². The van der Waals surface area contributed by atoms with Crippen LogP contribution in [0.1, 0.15) is 47.8 Å². The first kappa shape index (κ1) is 23.3. The second kappa shape index (κ2) is 7.65. The highest BCUT2D eigenvalue weighted by Gasteiger charge is 2.43. The Kier molecular flexibility index (Phi) is 5.75. The molecule has 3 rings (SSSR count). The second-order valence-electron chi connectivity index (χ2n) is 8.70. The molecule has 2 N–H and O–H groups in total. The Morgan fingerprint density at radius 3 is 2.32 bits per heavy atom. The molecule has 10 heteroatoms. The highest BCUT2D eigenvalue weighted by molar-refractivity contribution is 7.89. The monoisotopic (exact) mass is 470 g/mol. The van der Waals surface area contributed by atoms with Gasteiger partial charge in [-0.1, -0.05) is 38.4 Å². The average Bonchev–Trinajstić information content (AvgIpc) is 2.96. The topological polar surface area (TPSA) is 98.1 Å². The molecule has 7 nitrogen and oxygen atoms in total. The molecule has 0 radical (unpaired) electrons. The van der Waals surface area contributed by atoms with Crippen LogP contribution >= 0.6 is 11.6 Å². The third-order valence-corrected chi connectivity index (χ3v) is 7.41. The summed E-state index contributed by atoms with van der Waals surface area (Å²) in [6.07, 6.45) is 0. The number of amides is 1. The summed E-state index contributed by atoms with van der Waals surface area (Å²) in [7, 11) is -1.37. The number of aromatic hydroxyl groups is 2. The highest BCUT2D eigenvalue weighted by atomic mass is 35.5. The molecule has 1 amide bonds. The lowest BCUT2D eigenvalue weighted by Gasteiger charge is -2.27. The zero-order chi connectivity index (χ0) is 23.5. The van der Waals surface area contributed by atoms with Crippen molar-refractivity contribution in [3.63, 3.8) is 0 Å². The van der Waals surface area contributed by atoms with Crippen molar-refractivity contribution in [1.29, 1.82) is 0 Å². The minimum Gasteiger partial charge on any atom is -0.504 e. The van der Waals surface area contributed by atoms with Gasteiger partial charge in [-0.2, -0.15) is 0 Å². The van der Waals surface area contributed by atoms with Crippen molar-refractivity contribution < 1.29 is 27.8 Å². The van der Waals surface area contributed by atoms with Crippen molar-refractivity contribution in [2.75, 3.05) is 14.1 Å². The summed E-state index contributed by atoms with van der Waals surface area (Å²) in [5, 5.41) is 21.3. The maximum absolute atomic E-state index is 13.5. The van der Waals surface area contributed by atoms with Gasteiger partial charge in [-0.15, -0.1) is 0 Å². The van der Waals surface area contributed by atoms with Crippen LogP contribution in [0.25, 0.3) is 0 Å². The summed E-state index contributed by atoms with van der Waals surface area (Å²) in [6.45, 7) is 5.02. The number of hydrogen-bond donors (Lipinski definition) is 2. The molecule has 0 saturated heterocycles. The van der Waals surface area contributed by atoms with E-state index < -0.39 is 38.7 Å². The molecule has 2 aromatic rings. The summed E-state index contributed by atoms with van der Waals surface area (Å²) in [6, 6.07) is 4.02. The van der Waals surface area contributed by atoms with Crippen molar-refractivity contribution in [3.05, 3.63) is 51.3 Å². The molecule has 0 spiro atoms. The molecule has 0 atom stereocenters. The lowest BCUT2D eigenvalue weighted by Crippen LogP contribution is -2.28. The van der Waals surface area contributed by atoms with E-state index in [9.17, 15) is 27.8 Å². The van der Waals surface area contributed by atoms with Gasteiger partial charge in [-0.25, -0.2) is 17.1 Å². The van der Waals surface area contributed by atoms with Crippen LogP contribution in [0.4, 0.5) is 4.39 Å². The van der Waals surface area contributed by atoms with Crippen LogP contribution in [0.2, 0.25) is 5.02 Å². The molecule has 1 aliphatic rings. The van der Waals surface area contributed by atoms with Gasteiger partial charge in [0.05, 0.1) is 15.5 Å². The molecule has 1 aliphatic heterocycles. The fraction of sp³-hybridized carbons (Fsp3) is 0.381.